The summed E-state index contributed by atoms with van der Waals surface area (Å²) in [6.45, 7) is 3.80. The minimum Gasteiger partial charge on any atom is -0.253 e. The van der Waals surface area contributed by atoms with Crippen LogP contribution in [0.15, 0.2) is 9.72 Å². The smallest absolute Gasteiger partial charge is 0.114 e. The van der Waals surface area contributed by atoms with Crippen LogP contribution < -0.4 is 0 Å². The number of rotatable bonds is 2. The van der Waals surface area contributed by atoms with Crippen LogP contribution in [0, 0.1) is 6.92 Å². The van der Waals surface area contributed by atoms with Gasteiger partial charge in [0.15, 0.2) is 0 Å². The standard InChI is InChI=1S/C6H9NOS2/c1-3-10(8)6-5(2)7-4-9-6/h4H,3H2,1-2H3. The first-order valence-electron chi connectivity index (χ1n) is 3.04. The maximum Gasteiger partial charge on any atom is 0.114 e. The molecule has 0 amide bonds. The van der Waals surface area contributed by atoms with Crippen LogP contribution in [0.4, 0.5) is 0 Å². The molecule has 10 heavy (non-hydrogen) atoms. The molecule has 4 heteroatoms. The van der Waals surface area contributed by atoms with Crippen LogP contribution in [-0.4, -0.2) is 14.9 Å². The van der Waals surface area contributed by atoms with E-state index >= 15 is 0 Å². The summed E-state index contributed by atoms with van der Waals surface area (Å²) in [5, 5.41) is 0. The van der Waals surface area contributed by atoms with Gasteiger partial charge in [0.25, 0.3) is 0 Å². The average molecular weight is 175 g/mol. The molecule has 0 aliphatic heterocycles. The van der Waals surface area contributed by atoms with Crippen molar-refractivity contribution in [2.75, 3.05) is 5.75 Å². The Kier molecular flexibility index (Phi) is 2.56. The van der Waals surface area contributed by atoms with Crippen molar-refractivity contribution in [3.63, 3.8) is 0 Å². The van der Waals surface area contributed by atoms with Crippen molar-refractivity contribution < 1.29 is 4.21 Å². The SMILES string of the molecule is CCS(=O)c1scnc1C. The van der Waals surface area contributed by atoms with Gasteiger partial charge in [-0.2, -0.15) is 0 Å². The largest absolute Gasteiger partial charge is 0.253 e. The van der Waals surface area contributed by atoms with Gasteiger partial charge in [0.1, 0.15) is 4.21 Å². The predicted octanol–water partition coefficient (Wildman–Crippen LogP) is 1.58. The lowest BCUT2D eigenvalue weighted by Gasteiger charge is -1.92. The van der Waals surface area contributed by atoms with Crippen LogP contribution in [0.2, 0.25) is 0 Å². The molecule has 0 aromatic carbocycles. The summed E-state index contributed by atoms with van der Waals surface area (Å²) in [5.41, 5.74) is 2.64. The molecule has 0 bridgehead atoms. The molecule has 56 valence electrons. The molecule has 0 N–H and O–H groups in total. The molecule has 2 nitrogen and oxygen atoms in total. The first kappa shape index (κ1) is 7.88. The van der Waals surface area contributed by atoms with Gasteiger partial charge in [-0.1, -0.05) is 6.92 Å². The quantitative estimate of drug-likeness (QED) is 0.683. The number of aromatic nitrogens is 1. The summed E-state index contributed by atoms with van der Waals surface area (Å²) in [7, 11) is -0.815. The fraction of sp³-hybridized carbons (Fsp3) is 0.500. The molecule has 1 heterocycles. The zero-order valence-electron chi connectivity index (χ0n) is 5.96. The van der Waals surface area contributed by atoms with Gasteiger partial charge in [-0.15, -0.1) is 11.3 Å². The highest BCUT2D eigenvalue weighted by Crippen LogP contribution is 2.16. The van der Waals surface area contributed by atoms with E-state index in [-0.39, 0.29) is 0 Å². The summed E-state index contributed by atoms with van der Waals surface area (Å²) in [6.07, 6.45) is 0. The zero-order valence-corrected chi connectivity index (χ0v) is 7.59. The van der Waals surface area contributed by atoms with Crippen LogP contribution in [0.3, 0.4) is 0 Å². The Morgan fingerprint density at radius 3 is 2.90 bits per heavy atom. The second kappa shape index (κ2) is 3.25. The molecule has 0 aliphatic carbocycles. The third kappa shape index (κ3) is 1.44. The number of aryl methyl sites for hydroxylation is 1. The van der Waals surface area contributed by atoms with E-state index in [0.29, 0.717) is 5.75 Å². The van der Waals surface area contributed by atoms with Gasteiger partial charge >= 0.3 is 0 Å². The molecule has 0 fully saturated rings. The monoisotopic (exact) mass is 175 g/mol. The summed E-state index contributed by atoms with van der Waals surface area (Å²) in [4.78, 5) is 4.01. The van der Waals surface area contributed by atoms with Crippen molar-refractivity contribution in [3.8, 4) is 0 Å². The second-order valence-corrected chi connectivity index (χ2v) is 4.65. The minimum atomic E-state index is -0.815. The van der Waals surface area contributed by atoms with E-state index < -0.39 is 10.8 Å². The van der Waals surface area contributed by atoms with Gasteiger partial charge in [0.05, 0.1) is 22.0 Å². The zero-order chi connectivity index (χ0) is 7.56. The number of thiazole rings is 1. The maximum absolute atomic E-state index is 11.2. The van der Waals surface area contributed by atoms with Crippen molar-refractivity contribution in [3.05, 3.63) is 11.2 Å². The van der Waals surface area contributed by atoms with E-state index in [4.69, 9.17) is 0 Å². The molecule has 1 aromatic rings. The van der Waals surface area contributed by atoms with Crippen LogP contribution in [-0.2, 0) is 10.8 Å². The van der Waals surface area contributed by atoms with Gasteiger partial charge in [-0.25, -0.2) is 4.98 Å². The molecule has 0 aliphatic rings. The third-order valence-electron chi connectivity index (χ3n) is 1.17. The van der Waals surface area contributed by atoms with Gasteiger partial charge in [-0.3, -0.25) is 4.21 Å². The average Bonchev–Trinajstić information content (AvgIpc) is 2.34. The second-order valence-electron chi connectivity index (χ2n) is 1.86. The molecule has 0 radical (unpaired) electrons. The van der Waals surface area contributed by atoms with Crippen LogP contribution in [0.5, 0.6) is 0 Å². The lowest BCUT2D eigenvalue weighted by Crippen LogP contribution is -1.92. The maximum atomic E-state index is 11.2. The summed E-state index contributed by atoms with van der Waals surface area (Å²) < 4.78 is 12.1. The van der Waals surface area contributed by atoms with Gasteiger partial charge in [0.2, 0.25) is 0 Å². The molecule has 0 saturated carbocycles. The molecule has 0 spiro atoms. The Bertz CT molecular complexity index is 244. The van der Waals surface area contributed by atoms with Crippen molar-refractivity contribution in [1.29, 1.82) is 0 Å². The molecule has 1 atom stereocenters. The van der Waals surface area contributed by atoms with E-state index in [0.717, 1.165) is 9.90 Å². The molecular weight excluding hydrogens is 166 g/mol. The first-order chi connectivity index (χ1) is 4.75. The fourth-order valence-electron chi connectivity index (χ4n) is 0.641. The molecule has 0 saturated heterocycles. The lowest BCUT2D eigenvalue weighted by molar-refractivity contribution is 0.684. The van der Waals surface area contributed by atoms with E-state index in [1.165, 1.54) is 11.3 Å². The van der Waals surface area contributed by atoms with Crippen molar-refractivity contribution >= 4 is 22.1 Å². The van der Waals surface area contributed by atoms with Gasteiger partial charge in [-0.05, 0) is 6.92 Å². The summed E-state index contributed by atoms with van der Waals surface area (Å²) in [6, 6.07) is 0. The number of nitrogens with zero attached hydrogens (tertiary/aromatic N) is 1. The van der Waals surface area contributed by atoms with Gasteiger partial charge < -0.3 is 0 Å². The minimum absolute atomic E-state index is 0.684. The highest BCUT2D eigenvalue weighted by atomic mass is 32.2. The van der Waals surface area contributed by atoms with E-state index in [2.05, 4.69) is 4.98 Å². The normalized spacial score (nSPS) is 13.4. The Labute approximate surface area is 66.8 Å². The summed E-state index contributed by atoms with van der Waals surface area (Å²) >= 11 is 1.47. The van der Waals surface area contributed by atoms with Gasteiger partial charge in [0, 0.05) is 5.75 Å². The van der Waals surface area contributed by atoms with Crippen molar-refractivity contribution in [2.24, 2.45) is 0 Å². The Morgan fingerprint density at radius 1 is 1.80 bits per heavy atom. The van der Waals surface area contributed by atoms with Crippen LogP contribution >= 0.6 is 11.3 Å². The summed E-state index contributed by atoms with van der Waals surface area (Å²) in [5.74, 6) is 0.684. The predicted molar refractivity (Wildman–Crippen MR) is 43.8 cm³/mol. The Balaban J connectivity index is 2.93. The first-order valence-corrected chi connectivity index (χ1v) is 5.24. The molecule has 1 unspecified atom stereocenters. The van der Waals surface area contributed by atoms with E-state index in [1.54, 1.807) is 5.51 Å². The van der Waals surface area contributed by atoms with Crippen molar-refractivity contribution in [2.45, 2.75) is 18.1 Å². The molecule has 1 rings (SSSR count). The molecular formula is C6H9NOS2. The number of hydrogen-bond acceptors (Lipinski definition) is 3. The topological polar surface area (TPSA) is 30.0 Å². The third-order valence-corrected chi connectivity index (χ3v) is 3.97. The van der Waals surface area contributed by atoms with Crippen molar-refractivity contribution in [1.82, 2.24) is 4.98 Å². The van der Waals surface area contributed by atoms with E-state index in [1.807, 2.05) is 13.8 Å². The van der Waals surface area contributed by atoms with Crippen LogP contribution in [0.25, 0.3) is 0 Å². The Morgan fingerprint density at radius 2 is 2.50 bits per heavy atom. The highest BCUT2D eigenvalue weighted by Gasteiger charge is 2.06. The number of hydrogen-bond donors (Lipinski definition) is 0. The highest BCUT2D eigenvalue weighted by molar-refractivity contribution is 7.87. The molecule has 1 aromatic heterocycles. The van der Waals surface area contributed by atoms with E-state index in [9.17, 15) is 4.21 Å². The Hall–Kier alpha value is -0.220. The lowest BCUT2D eigenvalue weighted by atomic mass is 10.6. The van der Waals surface area contributed by atoms with Crippen LogP contribution in [0.1, 0.15) is 12.6 Å². The fourth-order valence-corrected chi connectivity index (χ4v) is 2.73.